The van der Waals surface area contributed by atoms with Crippen LogP contribution in [0.2, 0.25) is 0 Å². The van der Waals surface area contributed by atoms with Gasteiger partial charge in [0.25, 0.3) is 0 Å². The van der Waals surface area contributed by atoms with Crippen molar-refractivity contribution < 1.29 is 14.6 Å². The molecule has 0 unspecified atom stereocenters. The second-order valence-electron chi connectivity index (χ2n) is 3.91. The minimum absolute atomic E-state index is 0.00681. The molecule has 1 N–H and O–H groups in total. The lowest BCUT2D eigenvalue weighted by Gasteiger charge is -2.14. The minimum atomic E-state index is -0.592. The summed E-state index contributed by atoms with van der Waals surface area (Å²) in [6.45, 7) is 0.0317. The Kier molecular flexibility index (Phi) is 2.49. The molecule has 1 fully saturated rings. The highest BCUT2D eigenvalue weighted by molar-refractivity contribution is 5.87. The number of esters is 1. The summed E-state index contributed by atoms with van der Waals surface area (Å²) in [4.78, 5) is 11.7. The number of hydrogen-bond acceptors (Lipinski definition) is 3. The van der Waals surface area contributed by atoms with E-state index in [0.717, 1.165) is 5.56 Å². The van der Waals surface area contributed by atoms with E-state index in [2.05, 4.69) is 0 Å². The van der Waals surface area contributed by atoms with Crippen LogP contribution in [0, 0.1) is 5.92 Å². The van der Waals surface area contributed by atoms with E-state index in [1.807, 2.05) is 30.3 Å². The molecule has 1 aliphatic rings. The zero-order chi connectivity index (χ0) is 10.9. The molecule has 0 spiro atoms. The maximum Gasteiger partial charge on any atom is 0.316 e. The molecule has 2 rings (SSSR count). The van der Waals surface area contributed by atoms with Crippen molar-refractivity contribution in [3.8, 4) is 0 Å². The Bertz CT molecular complexity index is 360. The molecule has 0 aromatic heterocycles. The largest absolute Gasteiger partial charge is 0.468 e. The van der Waals surface area contributed by atoms with Crippen molar-refractivity contribution in [2.24, 2.45) is 5.92 Å². The summed E-state index contributed by atoms with van der Waals surface area (Å²) in [5, 5.41) is 9.14. The predicted octanol–water partition coefficient (Wildman–Crippen LogP) is 1.11. The van der Waals surface area contributed by atoms with Gasteiger partial charge in [0.2, 0.25) is 0 Å². The molecule has 3 heteroatoms. The Labute approximate surface area is 88.7 Å². The van der Waals surface area contributed by atoms with Gasteiger partial charge in [-0.2, -0.15) is 0 Å². The van der Waals surface area contributed by atoms with E-state index in [9.17, 15) is 4.79 Å². The standard InChI is InChI=1S/C12H14O3/c1-15-11(14)12(7-10(12)8-13)9-5-3-2-4-6-9/h2-6,10,13H,7-8H2,1H3/t10-,12+/m0/s1. The van der Waals surface area contributed by atoms with Crippen LogP contribution < -0.4 is 0 Å². The smallest absolute Gasteiger partial charge is 0.316 e. The third-order valence-electron chi connectivity index (χ3n) is 3.16. The summed E-state index contributed by atoms with van der Waals surface area (Å²) in [7, 11) is 1.39. The van der Waals surface area contributed by atoms with Crippen molar-refractivity contribution in [3.63, 3.8) is 0 Å². The van der Waals surface area contributed by atoms with Gasteiger partial charge in [-0.25, -0.2) is 0 Å². The minimum Gasteiger partial charge on any atom is -0.468 e. The first-order valence-electron chi connectivity index (χ1n) is 5.00. The molecule has 0 radical (unpaired) electrons. The zero-order valence-electron chi connectivity index (χ0n) is 8.64. The van der Waals surface area contributed by atoms with Crippen LogP contribution in [0.25, 0.3) is 0 Å². The highest BCUT2D eigenvalue weighted by Gasteiger charge is 2.61. The number of carbonyl (C=O) groups is 1. The first-order valence-corrected chi connectivity index (χ1v) is 5.00. The van der Waals surface area contributed by atoms with E-state index in [4.69, 9.17) is 9.84 Å². The number of ether oxygens (including phenoxy) is 1. The van der Waals surface area contributed by atoms with Gasteiger partial charge in [0.15, 0.2) is 0 Å². The zero-order valence-corrected chi connectivity index (χ0v) is 8.64. The van der Waals surface area contributed by atoms with Crippen LogP contribution in [0.4, 0.5) is 0 Å². The number of hydrogen-bond donors (Lipinski definition) is 1. The number of aliphatic hydroxyl groups excluding tert-OH is 1. The lowest BCUT2D eigenvalue weighted by atomic mass is 9.93. The molecule has 0 amide bonds. The highest BCUT2D eigenvalue weighted by atomic mass is 16.5. The molecular formula is C12H14O3. The number of methoxy groups -OCH3 is 1. The highest BCUT2D eigenvalue weighted by Crippen LogP contribution is 2.54. The van der Waals surface area contributed by atoms with E-state index in [1.165, 1.54) is 7.11 Å². The first kappa shape index (κ1) is 10.2. The van der Waals surface area contributed by atoms with Crippen molar-refractivity contribution in [1.29, 1.82) is 0 Å². The van der Waals surface area contributed by atoms with Crippen LogP contribution in [-0.2, 0) is 14.9 Å². The summed E-state index contributed by atoms with van der Waals surface area (Å²) < 4.78 is 4.81. The molecule has 0 saturated heterocycles. The molecule has 0 heterocycles. The molecule has 80 valence electrons. The topological polar surface area (TPSA) is 46.5 Å². The molecule has 1 aromatic carbocycles. The van der Waals surface area contributed by atoms with Crippen molar-refractivity contribution >= 4 is 5.97 Å². The van der Waals surface area contributed by atoms with Crippen molar-refractivity contribution in [3.05, 3.63) is 35.9 Å². The van der Waals surface area contributed by atoms with Crippen molar-refractivity contribution in [2.75, 3.05) is 13.7 Å². The second-order valence-corrected chi connectivity index (χ2v) is 3.91. The Balaban J connectivity index is 2.34. The average molecular weight is 206 g/mol. The lowest BCUT2D eigenvalue weighted by molar-refractivity contribution is -0.144. The van der Waals surface area contributed by atoms with Gasteiger partial charge in [-0.3, -0.25) is 4.79 Å². The van der Waals surface area contributed by atoms with Gasteiger partial charge >= 0.3 is 5.97 Å². The maximum absolute atomic E-state index is 11.7. The fourth-order valence-corrected chi connectivity index (χ4v) is 2.19. The molecule has 0 aliphatic heterocycles. The van der Waals surface area contributed by atoms with Crippen LogP contribution >= 0.6 is 0 Å². The first-order chi connectivity index (χ1) is 7.25. The van der Waals surface area contributed by atoms with Crippen LogP contribution in [0.3, 0.4) is 0 Å². The summed E-state index contributed by atoms with van der Waals surface area (Å²) in [5.41, 5.74) is 0.348. The summed E-state index contributed by atoms with van der Waals surface area (Å²) in [6.07, 6.45) is 0.681. The van der Waals surface area contributed by atoms with Crippen LogP contribution in [0.1, 0.15) is 12.0 Å². The summed E-state index contributed by atoms with van der Waals surface area (Å²) >= 11 is 0. The molecule has 1 aromatic rings. The number of aliphatic hydroxyl groups is 1. The fourth-order valence-electron chi connectivity index (χ4n) is 2.19. The molecule has 1 saturated carbocycles. The Morgan fingerprint density at radius 3 is 2.67 bits per heavy atom. The van der Waals surface area contributed by atoms with Crippen molar-refractivity contribution in [1.82, 2.24) is 0 Å². The van der Waals surface area contributed by atoms with Gasteiger partial charge in [0.05, 0.1) is 12.5 Å². The van der Waals surface area contributed by atoms with Gasteiger partial charge in [-0.1, -0.05) is 30.3 Å². The van der Waals surface area contributed by atoms with E-state index >= 15 is 0 Å². The molecule has 0 bridgehead atoms. The molecule has 3 nitrogen and oxygen atoms in total. The van der Waals surface area contributed by atoms with Gasteiger partial charge in [-0.05, 0) is 12.0 Å². The molecule has 15 heavy (non-hydrogen) atoms. The van der Waals surface area contributed by atoms with Crippen LogP contribution in [-0.4, -0.2) is 24.8 Å². The SMILES string of the molecule is COC(=O)[C@@]1(c2ccccc2)C[C@H]1CO. The normalized spacial score (nSPS) is 28.5. The van der Waals surface area contributed by atoms with Gasteiger partial charge < -0.3 is 9.84 Å². The fraction of sp³-hybridized carbons (Fsp3) is 0.417. The Hall–Kier alpha value is -1.35. The summed E-state index contributed by atoms with van der Waals surface area (Å²) in [5.74, 6) is -0.236. The number of rotatable bonds is 3. The quantitative estimate of drug-likeness (QED) is 0.753. The number of carbonyl (C=O) groups excluding carboxylic acids is 1. The number of benzene rings is 1. The Morgan fingerprint density at radius 1 is 1.53 bits per heavy atom. The molecular weight excluding hydrogens is 192 g/mol. The van der Waals surface area contributed by atoms with E-state index in [0.29, 0.717) is 6.42 Å². The lowest BCUT2D eigenvalue weighted by Crippen LogP contribution is -2.25. The van der Waals surface area contributed by atoms with E-state index < -0.39 is 5.41 Å². The molecule has 1 aliphatic carbocycles. The van der Waals surface area contributed by atoms with Gasteiger partial charge in [0, 0.05) is 12.5 Å². The van der Waals surface area contributed by atoms with E-state index in [1.54, 1.807) is 0 Å². The van der Waals surface area contributed by atoms with Gasteiger partial charge in [0.1, 0.15) is 0 Å². The Morgan fingerprint density at radius 2 is 2.20 bits per heavy atom. The van der Waals surface area contributed by atoms with Crippen LogP contribution in [0.15, 0.2) is 30.3 Å². The van der Waals surface area contributed by atoms with Gasteiger partial charge in [-0.15, -0.1) is 0 Å². The predicted molar refractivity (Wildman–Crippen MR) is 55.3 cm³/mol. The monoisotopic (exact) mass is 206 g/mol. The third kappa shape index (κ3) is 1.43. The average Bonchev–Trinajstić information content (AvgIpc) is 3.05. The van der Waals surface area contributed by atoms with Crippen LogP contribution in [0.5, 0.6) is 0 Å². The second kappa shape index (κ2) is 3.66. The van der Waals surface area contributed by atoms with Crippen molar-refractivity contribution in [2.45, 2.75) is 11.8 Å². The third-order valence-corrected chi connectivity index (χ3v) is 3.16. The maximum atomic E-state index is 11.7. The van der Waals surface area contributed by atoms with E-state index in [-0.39, 0.29) is 18.5 Å². The summed E-state index contributed by atoms with van der Waals surface area (Å²) in [6, 6.07) is 9.52. The molecule has 2 atom stereocenters.